The van der Waals surface area contributed by atoms with E-state index >= 15 is 0 Å². The molecule has 0 aliphatic carbocycles. The second-order valence-corrected chi connectivity index (χ2v) is 8.72. The molecule has 4 nitrogen and oxygen atoms in total. The monoisotopic (exact) mass is 414 g/mol. The van der Waals surface area contributed by atoms with Crippen molar-refractivity contribution in [3.8, 4) is 0 Å². The first-order chi connectivity index (χ1) is 13.7. The molecule has 0 bridgehead atoms. The Labute approximate surface area is 179 Å². The highest BCUT2D eigenvalue weighted by atomic mass is 35.5. The fourth-order valence-corrected chi connectivity index (χ4v) is 3.37. The average Bonchev–Trinajstić information content (AvgIpc) is 2.65. The van der Waals surface area contributed by atoms with Crippen LogP contribution in [0.5, 0.6) is 0 Å². The van der Waals surface area contributed by atoms with Gasteiger partial charge in [0.15, 0.2) is 0 Å². The van der Waals surface area contributed by atoms with Crippen molar-refractivity contribution >= 4 is 23.4 Å². The first-order valence-corrected chi connectivity index (χ1v) is 10.5. The Bertz CT molecular complexity index is 815. The third-order valence-electron chi connectivity index (χ3n) is 4.53. The lowest BCUT2D eigenvalue weighted by Gasteiger charge is -2.34. The second-order valence-electron chi connectivity index (χ2n) is 8.31. The van der Waals surface area contributed by atoms with Crippen molar-refractivity contribution in [3.63, 3.8) is 0 Å². The number of hydrogen-bond donors (Lipinski definition) is 1. The van der Waals surface area contributed by atoms with Crippen LogP contribution >= 0.6 is 11.6 Å². The van der Waals surface area contributed by atoms with Gasteiger partial charge in [0, 0.05) is 29.9 Å². The van der Waals surface area contributed by atoms with Gasteiger partial charge in [0.05, 0.1) is 0 Å². The van der Waals surface area contributed by atoms with Gasteiger partial charge in [0.2, 0.25) is 11.8 Å². The Balaban J connectivity index is 2.41. The van der Waals surface area contributed by atoms with E-state index in [1.165, 1.54) is 0 Å². The van der Waals surface area contributed by atoms with E-state index in [1.807, 2.05) is 76.2 Å². The lowest BCUT2D eigenvalue weighted by molar-refractivity contribution is -0.142. The van der Waals surface area contributed by atoms with Gasteiger partial charge in [-0.15, -0.1) is 0 Å². The van der Waals surface area contributed by atoms with Crippen molar-refractivity contribution in [1.29, 1.82) is 0 Å². The van der Waals surface area contributed by atoms with Crippen molar-refractivity contribution in [2.45, 2.75) is 65.1 Å². The molecule has 1 atom stereocenters. The molecular formula is C24H31ClN2O2. The molecule has 2 amide bonds. The second kappa shape index (κ2) is 10.4. The highest BCUT2D eigenvalue weighted by Crippen LogP contribution is 2.21. The van der Waals surface area contributed by atoms with E-state index in [4.69, 9.17) is 11.6 Å². The molecule has 0 aliphatic rings. The molecule has 1 unspecified atom stereocenters. The van der Waals surface area contributed by atoms with Crippen LogP contribution in [0.3, 0.4) is 0 Å². The van der Waals surface area contributed by atoms with Gasteiger partial charge in [0.1, 0.15) is 6.04 Å². The summed E-state index contributed by atoms with van der Waals surface area (Å²) < 4.78 is 0. The lowest BCUT2D eigenvalue weighted by Crippen LogP contribution is -2.54. The van der Waals surface area contributed by atoms with Crippen LogP contribution in [-0.2, 0) is 22.6 Å². The molecule has 0 saturated carbocycles. The number of carbonyl (C=O) groups is 2. The maximum Gasteiger partial charge on any atom is 0.243 e. The van der Waals surface area contributed by atoms with Crippen molar-refractivity contribution in [2.75, 3.05) is 0 Å². The van der Waals surface area contributed by atoms with Gasteiger partial charge in [0.25, 0.3) is 0 Å². The van der Waals surface area contributed by atoms with Crippen LogP contribution in [0.4, 0.5) is 0 Å². The molecule has 0 aromatic heterocycles. The standard InChI is InChI=1S/C24H31ClN2O2/c1-5-11-22(28)27(17-19-14-9-10-15-20(19)25)21(23(29)26-24(2,3)4)16-18-12-7-6-8-13-18/h6-10,12-15,21H,5,11,16-17H2,1-4H3,(H,26,29). The molecule has 5 heteroatoms. The molecular weight excluding hydrogens is 384 g/mol. The van der Waals surface area contributed by atoms with E-state index in [0.29, 0.717) is 24.4 Å². The van der Waals surface area contributed by atoms with E-state index in [0.717, 1.165) is 17.5 Å². The molecule has 0 saturated heterocycles. The number of amides is 2. The summed E-state index contributed by atoms with van der Waals surface area (Å²) in [5.74, 6) is -0.199. The van der Waals surface area contributed by atoms with Gasteiger partial charge in [-0.25, -0.2) is 0 Å². The van der Waals surface area contributed by atoms with Gasteiger partial charge < -0.3 is 10.2 Å². The first kappa shape index (κ1) is 23.0. The zero-order valence-corrected chi connectivity index (χ0v) is 18.5. The average molecular weight is 415 g/mol. The summed E-state index contributed by atoms with van der Waals surface area (Å²) in [7, 11) is 0. The summed E-state index contributed by atoms with van der Waals surface area (Å²) in [5.41, 5.74) is 1.45. The van der Waals surface area contributed by atoms with Crippen molar-refractivity contribution in [1.82, 2.24) is 10.2 Å². The van der Waals surface area contributed by atoms with Gasteiger partial charge >= 0.3 is 0 Å². The fraction of sp³-hybridized carbons (Fsp3) is 0.417. The summed E-state index contributed by atoms with van der Waals surface area (Å²) in [6.07, 6.45) is 1.55. The van der Waals surface area contributed by atoms with E-state index in [2.05, 4.69) is 5.32 Å². The summed E-state index contributed by atoms with van der Waals surface area (Å²) in [4.78, 5) is 28.0. The van der Waals surface area contributed by atoms with Crippen LogP contribution in [-0.4, -0.2) is 28.3 Å². The Morgan fingerprint density at radius 3 is 2.24 bits per heavy atom. The summed E-state index contributed by atoms with van der Waals surface area (Å²) >= 11 is 6.36. The largest absolute Gasteiger partial charge is 0.350 e. The number of nitrogens with one attached hydrogen (secondary N) is 1. The number of carbonyl (C=O) groups excluding carboxylic acids is 2. The SMILES string of the molecule is CCCC(=O)N(Cc1ccccc1Cl)C(Cc1ccccc1)C(=O)NC(C)(C)C. The molecule has 0 heterocycles. The maximum absolute atomic E-state index is 13.3. The zero-order valence-electron chi connectivity index (χ0n) is 17.7. The molecule has 156 valence electrons. The molecule has 29 heavy (non-hydrogen) atoms. The van der Waals surface area contributed by atoms with Gasteiger partial charge in [-0.05, 0) is 44.4 Å². The summed E-state index contributed by atoms with van der Waals surface area (Å²) in [6, 6.07) is 16.6. The Morgan fingerprint density at radius 1 is 1.03 bits per heavy atom. The Hall–Kier alpha value is -2.33. The normalized spacial score (nSPS) is 12.3. The smallest absolute Gasteiger partial charge is 0.243 e. The van der Waals surface area contributed by atoms with Crippen molar-refractivity contribution in [2.24, 2.45) is 0 Å². The molecule has 2 aromatic carbocycles. The number of rotatable bonds is 8. The Morgan fingerprint density at radius 2 is 1.66 bits per heavy atom. The van der Waals surface area contributed by atoms with E-state index in [9.17, 15) is 9.59 Å². The highest BCUT2D eigenvalue weighted by Gasteiger charge is 2.32. The number of halogens is 1. The van der Waals surface area contributed by atoms with Crippen molar-refractivity contribution < 1.29 is 9.59 Å². The minimum atomic E-state index is -0.619. The molecule has 2 rings (SSSR count). The summed E-state index contributed by atoms with van der Waals surface area (Å²) in [5, 5.41) is 3.65. The lowest BCUT2D eigenvalue weighted by atomic mass is 10.00. The Kier molecular flexibility index (Phi) is 8.27. The van der Waals surface area contributed by atoms with Gasteiger partial charge in [-0.1, -0.05) is 67.1 Å². The minimum absolute atomic E-state index is 0.0441. The van der Waals surface area contributed by atoms with Crippen LogP contribution in [0.25, 0.3) is 0 Å². The number of nitrogens with zero attached hydrogens (tertiary/aromatic N) is 1. The van der Waals surface area contributed by atoms with E-state index in [1.54, 1.807) is 11.0 Å². The quantitative estimate of drug-likeness (QED) is 0.661. The molecule has 0 aliphatic heterocycles. The minimum Gasteiger partial charge on any atom is -0.350 e. The van der Waals surface area contributed by atoms with Crippen molar-refractivity contribution in [3.05, 3.63) is 70.7 Å². The highest BCUT2D eigenvalue weighted by molar-refractivity contribution is 6.31. The van der Waals surface area contributed by atoms with E-state index in [-0.39, 0.29) is 11.8 Å². The molecule has 1 N–H and O–H groups in total. The van der Waals surface area contributed by atoms with Gasteiger partial charge in [-0.2, -0.15) is 0 Å². The predicted molar refractivity (Wildman–Crippen MR) is 119 cm³/mol. The van der Waals surface area contributed by atoms with Crippen LogP contribution in [0, 0.1) is 0 Å². The zero-order chi connectivity index (χ0) is 21.4. The van der Waals surface area contributed by atoms with Crippen LogP contribution < -0.4 is 5.32 Å². The van der Waals surface area contributed by atoms with Crippen LogP contribution in [0.1, 0.15) is 51.7 Å². The maximum atomic E-state index is 13.3. The topological polar surface area (TPSA) is 49.4 Å². The van der Waals surface area contributed by atoms with Crippen LogP contribution in [0.15, 0.2) is 54.6 Å². The number of benzene rings is 2. The number of hydrogen-bond acceptors (Lipinski definition) is 2. The predicted octanol–water partition coefficient (Wildman–Crippen LogP) is 4.99. The third-order valence-corrected chi connectivity index (χ3v) is 4.90. The van der Waals surface area contributed by atoms with E-state index < -0.39 is 11.6 Å². The first-order valence-electron chi connectivity index (χ1n) is 10.1. The fourth-order valence-electron chi connectivity index (χ4n) is 3.17. The van der Waals surface area contributed by atoms with Gasteiger partial charge in [-0.3, -0.25) is 9.59 Å². The molecule has 2 aromatic rings. The molecule has 0 spiro atoms. The summed E-state index contributed by atoms with van der Waals surface area (Å²) in [6.45, 7) is 8.09. The third kappa shape index (κ3) is 7.21. The molecule has 0 radical (unpaired) electrons. The molecule has 0 fully saturated rings. The van der Waals surface area contributed by atoms with Crippen LogP contribution in [0.2, 0.25) is 5.02 Å².